The van der Waals surface area contributed by atoms with Gasteiger partial charge >= 0.3 is 0 Å². The molecule has 1 aromatic rings. The molecule has 4 heteroatoms. The molecule has 3 nitrogen and oxygen atoms in total. The molecule has 1 aromatic carbocycles. The van der Waals surface area contributed by atoms with Crippen LogP contribution in [0.2, 0.25) is 5.02 Å². The molecule has 0 amide bonds. The normalized spacial score (nSPS) is 21.4. The molecule has 0 aliphatic carbocycles. The summed E-state index contributed by atoms with van der Waals surface area (Å²) in [6.07, 6.45) is 1.23. The average Bonchev–Trinajstić information content (AvgIpc) is 2.53. The largest absolute Gasteiger partial charge is 0.392 e. The first-order valence-corrected chi connectivity index (χ1v) is 6.34. The van der Waals surface area contributed by atoms with Crippen molar-refractivity contribution >= 4 is 17.3 Å². The first-order valence-electron chi connectivity index (χ1n) is 5.96. The van der Waals surface area contributed by atoms with Gasteiger partial charge in [0.15, 0.2) is 0 Å². The molecule has 1 N–H and O–H groups in total. The second-order valence-electron chi connectivity index (χ2n) is 4.41. The van der Waals surface area contributed by atoms with Gasteiger partial charge in [0.05, 0.1) is 12.7 Å². The third-order valence-corrected chi connectivity index (χ3v) is 3.24. The number of nitrogens with zero attached hydrogens (tertiary/aromatic N) is 1. The molecular weight excluding hydrogens is 238 g/mol. The van der Waals surface area contributed by atoms with E-state index < -0.39 is 0 Å². The van der Waals surface area contributed by atoms with E-state index in [1.807, 2.05) is 18.2 Å². The number of aliphatic hydroxyl groups excluding tert-OH is 1. The first-order chi connectivity index (χ1) is 8.20. The summed E-state index contributed by atoms with van der Waals surface area (Å²) in [4.78, 5) is 2.26. The second kappa shape index (κ2) is 5.71. The van der Waals surface area contributed by atoms with Crippen LogP contribution >= 0.6 is 11.6 Å². The number of halogens is 1. The quantitative estimate of drug-likeness (QED) is 0.881. The molecule has 1 unspecified atom stereocenters. The molecule has 0 radical (unpaired) electrons. The number of anilines is 1. The lowest BCUT2D eigenvalue weighted by Crippen LogP contribution is -2.30. The number of benzene rings is 1. The number of rotatable bonds is 2. The monoisotopic (exact) mass is 255 g/mol. The van der Waals surface area contributed by atoms with E-state index in [-0.39, 0.29) is 12.7 Å². The Labute approximate surface area is 107 Å². The highest BCUT2D eigenvalue weighted by atomic mass is 35.5. The van der Waals surface area contributed by atoms with Crippen molar-refractivity contribution in [1.29, 1.82) is 0 Å². The van der Waals surface area contributed by atoms with Crippen LogP contribution in [0.15, 0.2) is 18.2 Å². The summed E-state index contributed by atoms with van der Waals surface area (Å²) in [5.41, 5.74) is 1.95. The third kappa shape index (κ3) is 3.12. The zero-order valence-corrected chi connectivity index (χ0v) is 10.8. The van der Waals surface area contributed by atoms with Crippen LogP contribution in [0.4, 0.5) is 5.69 Å². The maximum absolute atomic E-state index is 9.39. The maximum Gasteiger partial charge on any atom is 0.0721 e. The number of hydrogen-bond donors (Lipinski definition) is 1. The molecule has 0 spiro atoms. The Bertz CT molecular complexity index is 384. The molecule has 0 bridgehead atoms. The summed E-state index contributed by atoms with van der Waals surface area (Å²) in [6.45, 7) is 4.71. The zero-order chi connectivity index (χ0) is 12.3. The highest BCUT2D eigenvalue weighted by molar-refractivity contribution is 6.30. The predicted molar refractivity (Wildman–Crippen MR) is 69.6 cm³/mol. The Hall–Kier alpha value is -0.770. The Morgan fingerprint density at radius 1 is 1.53 bits per heavy atom. The van der Waals surface area contributed by atoms with Crippen LogP contribution in [0.3, 0.4) is 0 Å². The van der Waals surface area contributed by atoms with Crippen LogP contribution in [0.25, 0.3) is 0 Å². The van der Waals surface area contributed by atoms with Crippen molar-refractivity contribution < 1.29 is 9.84 Å². The van der Waals surface area contributed by atoms with Crippen LogP contribution < -0.4 is 4.90 Å². The standard InChI is InChI=1S/C13H18ClNO2/c1-10-8-15(5-2-6-17-10)13-4-3-12(14)7-11(13)9-16/h3-4,7,10,16H,2,5-6,8-9H2,1H3. The molecule has 0 saturated carbocycles. The van der Waals surface area contributed by atoms with E-state index >= 15 is 0 Å². The minimum Gasteiger partial charge on any atom is -0.392 e. The first kappa shape index (κ1) is 12.7. The molecule has 1 atom stereocenters. The smallest absolute Gasteiger partial charge is 0.0721 e. The summed E-state index contributed by atoms with van der Waals surface area (Å²) in [6, 6.07) is 5.67. The lowest BCUT2D eigenvalue weighted by molar-refractivity contribution is 0.0820. The summed E-state index contributed by atoms with van der Waals surface area (Å²) >= 11 is 5.94. The van der Waals surface area contributed by atoms with Crippen LogP contribution in [0, 0.1) is 0 Å². The van der Waals surface area contributed by atoms with Gasteiger partial charge in [0, 0.05) is 36.0 Å². The van der Waals surface area contributed by atoms with E-state index in [1.54, 1.807) is 0 Å². The Balaban J connectivity index is 2.25. The summed E-state index contributed by atoms with van der Waals surface area (Å²) in [5, 5.41) is 10.1. The molecule has 1 fully saturated rings. The minimum atomic E-state index is 0.0155. The molecular formula is C13H18ClNO2. The topological polar surface area (TPSA) is 32.7 Å². The predicted octanol–water partition coefficient (Wildman–Crippen LogP) is 2.45. The van der Waals surface area contributed by atoms with Crippen LogP contribution in [0.1, 0.15) is 18.9 Å². The Morgan fingerprint density at radius 3 is 3.12 bits per heavy atom. The van der Waals surface area contributed by atoms with Gasteiger partial charge < -0.3 is 14.7 Å². The molecule has 1 aliphatic rings. The fourth-order valence-electron chi connectivity index (χ4n) is 2.20. The van der Waals surface area contributed by atoms with Crippen molar-refractivity contribution in [3.63, 3.8) is 0 Å². The summed E-state index contributed by atoms with van der Waals surface area (Å²) < 4.78 is 5.62. The van der Waals surface area contributed by atoms with Gasteiger partial charge in [0.2, 0.25) is 0 Å². The minimum absolute atomic E-state index is 0.0155. The second-order valence-corrected chi connectivity index (χ2v) is 4.85. The van der Waals surface area contributed by atoms with Gasteiger partial charge in [-0.25, -0.2) is 0 Å². The van der Waals surface area contributed by atoms with Gasteiger partial charge in [-0.3, -0.25) is 0 Å². The molecule has 2 rings (SSSR count). The zero-order valence-electron chi connectivity index (χ0n) is 10.0. The fraction of sp³-hybridized carbons (Fsp3) is 0.538. The van der Waals surface area contributed by atoms with Crippen molar-refractivity contribution in [2.75, 3.05) is 24.6 Å². The van der Waals surface area contributed by atoms with Crippen molar-refractivity contribution in [3.8, 4) is 0 Å². The summed E-state index contributed by atoms with van der Waals surface area (Å²) in [7, 11) is 0. The molecule has 1 aliphatic heterocycles. The molecule has 1 heterocycles. The fourth-order valence-corrected chi connectivity index (χ4v) is 2.40. The molecule has 17 heavy (non-hydrogen) atoms. The molecule has 1 saturated heterocycles. The van der Waals surface area contributed by atoms with E-state index in [1.165, 1.54) is 0 Å². The Kier molecular flexibility index (Phi) is 4.26. The van der Waals surface area contributed by atoms with E-state index in [4.69, 9.17) is 16.3 Å². The highest BCUT2D eigenvalue weighted by Crippen LogP contribution is 2.26. The van der Waals surface area contributed by atoms with E-state index in [0.29, 0.717) is 5.02 Å². The van der Waals surface area contributed by atoms with Gasteiger partial charge in [-0.2, -0.15) is 0 Å². The SMILES string of the molecule is CC1CN(c2ccc(Cl)cc2CO)CCCO1. The molecule has 94 valence electrons. The number of ether oxygens (including phenoxy) is 1. The van der Waals surface area contributed by atoms with E-state index in [0.717, 1.165) is 37.4 Å². The summed E-state index contributed by atoms with van der Waals surface area (Å²) in [5.74, 6) is 0. The van der Waals surface area contributed by atoms with Crippen LogP contribution in [-0.2, 0) is 11.3 Å². The van der Waals surface area contributed by atoms with Gasteiger partial charge in [-0.1, -0.05) is 11.6 Å². The van der Waals surface area contributed by atoms with Crippen molar-refractivity contribution in [3.05, 3.63) is 28.8 Å². The maximum atomic E-state index is 9.39. The van der Waals surface area contributed by atoms with E-state index in [9.17, 15) is 5.11 Å². The number of hydrogen-bond acceptors (Lipinski definition) is 3. The van der Waals surface area contributed by atoms with Gasteiger partial charge in [-0.15, -0.1) is 0 Å². The molecule has 0 aromatic heterocycles. The van der Waals surface area contributed by atoms with Gasteiger partial charge in [-0.05, 0) is 31.5 Å². The lowest BCUT2D eigenvalue weighted by Gasteiger charge is -2.26. The van der Waals surface area contributed by atoms with Gasteiger partial charge in [0.1, 0.15) is 0 Å². The third-order valence-electron chi connectivity index (χ3n) is 3.00. The highest BCUT2D eigenvalue weighted by Gasteiger charge is 2.17. The van der Waals surface area contributed by atoms with Crippen molar-refractivity contribution in [1.82, 2.24) is 0 Å². The van der Waals surface area contributed by atoms with Crippen LogP contribution in [0.5, 0.6) is 0 Å². The van der Waals surface area contributed by atoms with Crippen LogP contribution in [-0.4, -0.2) is 30.9 Å². The van der Waals surface area contributed by atoms with Gasteiger partial charge in [0.25, 0.3) is 0 Å². The van der Waals surface area contributed by atoms with Crippen molar-refractivity contribution in [2.45, 2.75) is 26.1 Å². The number of aliphatic hydroxyl groups is 1. The Morgan fingerprint density at radius 2 is 2.35 bits per heavy atom. The van der Waals surface area contributed by atoms with Crippen molar-refractivity contribution in [2.24, 2.45) is 0 Å². The average molecular weight is 256 g/mol. The van der Waals surface area contributed by atoms with E-state index in [2.05, 4.69) is 11.8 Å². The lowest BCUT2D eigenvalue weighted by atomic mass is 10.1.